The minimum Gasteiger partial charge on any atom is -0.465 e. The molecule has 1 N–H and O–H groups in total. The number of ketones is 1. The highest BCUT2D eigenvalue weighted by Crippen LogP contribution is 2.52. The zero-order valence-electron chi connectivity index (χ0n) is 14.4. The van der Waals surface area contributed by atoms with Crippen LogP contribution in [0.15, 0.2) is 30.3 Å². The van der Waals surface area contributed by atoms with Crippen molar-refractivity contribution in [1.82, 2.24) is 5.32 Å². The van der Waals surface area contributed by atoms with E-state index in [0.29, 0.717) is 13.0 Å². The molecular weight excluding hydrogens is 302 g/mol. The fraction of sp³-hybridized carbons (Fsp3) is 0.600. The molecular formula is C20H27NO3. The summed E-state index contributed by atoms with van der Waals surface area (Å²) in [6.45, 7) is 3.40. The monoisotopic (exact) mass is 329 g/mol. The van der Waals surface area contributed by atoms with Crippen LogP contribution in [0.25, 0.3) is 0 Å². The average molecular weight is 329 g/mol. The van der Waals surface area contributed by atoms with Gasteiger partial charge in [-0.2, -0.15) is 0 Å². The molecule has 1 aromatic rings. The number of nitrogens with one attached hydrogen (secondary N) is 1. The van der Waals surface area contributed by atoms with Crippen LogP contribution < -0.4 is 5.32 Å². The summed E-state index contributed by atoms with van der Waals surface area (Å²) in [6.07, 6.45) is 5.06. The lowest BCUT2D eigenvalue weighted by molar-refractivity contribution is -0.153. The van der Waals surface area contributed by atoms with Gasteiger partial charge in [0.1, 0.15) is 5.92 Å². The number of benzene rings is 1. The predicted octanol–water partition coefficient (Wildman–Crippen LogP) is 3.42. The van der Waals surface area contributed by atoms with Crippen LogP contribution in [0.3, 0.4) is 0 Å². The molecule has 1 aliphatic carbocycles. The number of carbonyl (C=O) groups is 2. The van der Waals surface area contributed by atoms with E-state index in [-0.39, 0.29) is 17.8 Å². The van der Waals surface area contributed by atoms with Crippen molar-refractivity contribution in [3.63, 3.8) is 0 Å². The molecule has 0 radical (unpaired) electrons. The summed E-state index contributed by atoms with van der Waals surface area (Å²) in [5.41, 5.74) is 0.694. The topological polar surface area (TPSA) is 55.4 Å². The van der Waals surface area contributed by atoms with Gasteiger partial charge in [0.15, 0.2) is 5.78 Å². The third-order valence-electron chi connectivity index (χ3n) is 5.55. The Morgan fingerprint density at radius 3 is 2.83 bits per heavy atom. The lowest BCUT2D eigenvalue weighted by Crippen LogP contribution is -2.47. The zero-order valence-corrected chi connectivity index (χ0v) is 14.4. The van der Waals surface area contributed by atoms with Crippen molar-refractivity contribution in [2.24, 2.45) is 11.3 Å². The minimum atomic E-state index is -0.576. The Morgan fingerprint density at radius 1 is 1.29 bits per heavy atom. The molecule has 1 aliphatic heterocycles. The molecule has 2 fully saturated rings. The van der Waals surface area contributed by atoms with Crippen molar-refractivity contribution in [1.29, 1.82) is 0 Å². The second kappa shape index (κ2) is 7.47. The molecule has 1 saturated heterocycles. The van der Waals surface area contributed by atoms with E-state index in [9.17, 15) is 9.59 Å². The molecule has 2 aliphatic rings. The number of hydrogen-bond acceptors (Lipinski definition) is 4. The van der Waals surface area contributed by atoms with Crippen LogP contribution in [0.4, 0.5) is 0 Å². The highest BCUT2D eigenvalue weighted by Gasteiger charge is 2.55. The van der Waals surface area contributed by atoms with Crippen LogP contribution in [-0.2, 0) is 14.3 Å². The maximum atomic E-state index is 13.2. The molecule has 1 spiro atoms. The van der Waals surface area contributed by atoms with Crippen LogP contribution >= 0.6 is 0 Å². The fourth-order valence-corrected chi connectivity index (χ4v) is 4.25. The first-order valence-electron chi connectivity index (χ1n) is 9.18. The molecule has 4 heteroatoms. The Hall–Kier alpha value is -1.68. The second-order valence-corrected chi connectivity index (χ2v) is 7.03. The fourth-order valence-electron chi connectivity index (χ4n) is 4.25. The van der Waals surface area contributed by atoms with E-state index >= 15 is 0 Å². The maximum absolute atomic E-state index is 13.2. The molecule has 1 saturated carbocycles. The zero-order chi connectivity index (χ0) is 17.0. The first kappa shape index (κ1) is 17.2. The van der Waals surface area contributed by atoms with Crippen molar-refractivity contribution >= 4 is 11.8 Å². The molecule has 24 heavy (non-hydrogen) atoms. The van der Waals surface area contributed by atoms with Gasteiger partial charge in [0.25, 0.3) is 0 Å². The summed E-state index contributed by atoms with van der Waals surface area (Å²) in [4.78, 5) is 25.5. The van der Waals surface area contributed by atoms with E-state index in [1.54, 1.807) is 0 Å². The number of unbranched alkanes of at least 4 members (excludes halogenated alkanes) is 1. The second-order valence-electron chi connectivity index (χ2n) is 7.03. The van der Waals surface area contributed by atoms with Crippen LogP contribution in [-0.4, -0.2) is 24.9 Å². The molecule has 1 aromatic carbocycles. The lowest BCUT2D eigenvalue weighted by atomic mass is 9.69. The van der Waals surface area contributed by atoms with Crippen molar-refractivity contribution in [3.05, 3.63) is 35.9 Å². The number of esters is 1. The molecule has 3 atom stereocenters. The van der Waals surface area contributed by atoms with Crippen molar-refractivity contribution in [2.75, 3.05) is 13.2 Å². The third-order valence-corrected chi connectivity index (χ3v) is 5.55. The van der Waals surface area contributed by atoms with Gasteiger partial charge >= 0.3 is 5.97 Å². The first-order chi connectivity index (χ1) is 11.7. The quantitative estimate of drug-likeness (QED) is 0.511. The van der Waals surface area contributed by atoms with Crippen molar-refractivity contribution in [3.8, 4) is 0 Å². The van der Waals surface area contributed by atoms with Gasteiger partial charge in [0, 0.05) is 11.5 Å². The van der Waals surface area contributed by atoms with E-state index < -0.39 is 11.3 Å². The van der Waals surface area contributed by atoms with Gasteiger partial charge in [0.2, 0.25) is 0 Å². The minimum absolute atomic E-state index is 0.00777. The molecule has 4 nitrogen and oxygen atoms in total. The Labute approximate surface area is 144 Å². The van der Waals surface area contributed by atoms with Crippen LogP contribution in [0.5, 0.6) is 0 Å². The lowest BCUT2D eigenvalue weighted by Gasteiger charge is -2.41. The van der Waals surface area contributed by atoms with Crippen LogP contribution in [0.1, 0.15) is 57.1 Å². The summed E-state index contributed by atoms with van der Waals surface area (Å²) in [5.74, 6) is -0.805. The molecule has 1 heterocycles. The third kappa shape index (κ3) is 3.12. The van der Waals surface area contributed by atoms with Gasteiger partial charge in [-0.05, 0) is 44.2 Å². The SMILES string of the molecule is CCCCOC(=O)C1CCC2(CCCNC2c2ccccc2)C1=O. The molecule has 0 aromatic heterocycles. The number of hydrogen-bond donors (Lipinski definition) is 1. The van der Waals surface area contributed by atoms with E-state index in [4.69, 9.17) is 4.74 Å². The first-order valence-corrected chi connectivity index (χ1v) is 9.18. The molecule has 3 unspecified atom stereocenters. The number of rotatable bonds is 5. The number of Topliss-reactive ketones (excluding diaryl/α,β-unsaturated/α-hetero) is 1. The smallest absolute Gasteiger partial charge is 0.316 e. The summed E-state index contributed by atoms with van der Waals surface area (Å²) >= 11 is 0. The summed E-state index contributed by atoms with van der Waals surface area (Å²) in [7, 11) is 0. The van der Waals surface area contributed by atoms with Crippen molar-refractivity contribution in [2.45, 2.75) is 51.5 Å². The molecule has 3 rings (SSSR count). The molecule has 0 amide bonds. The predicted molar refractivity (Wildman–Crippen MR) is 92.5 cm³/mol. The van der Waals surface area contributed by atoms with Gasteiger partial charge in [-0.1, -0.05) is 43.7 Å². The normalized spacial score (nSPS) is 29.8. The molecule has 130 valence electrons. The standard InChI is InChI=1S/C20H27NO3/c1-2-3-14-24-19(23)16-10-12-20(18(16)22)11-7-13-21-17(20)15-8-5-4-6-9-15/h4-6,8-9,16-17,21H,2-3,7,10-14H2,1H3. The highest BCUT2D eigenvalue weighted by atomic mass is 16.5. The maximum Gasteiger partial charge on any atom is 0.316 e. The Morgan fingerprint density at radius 2 is 2.08 bits per heavy atom. The van der Waals surface area contributed by atoms with Gasteiger partial charge in [0.05, 0.1) is 6.61 Å². The Kier molecular flexibility index (Phi) is 5.34. The Bertz CT molecular complexity index is 586. The molecule has 0 bridgehead atoms. The summed E-state index contributed by atoms with van der Waals surface area (Å²) in [5, 5.41) is 3.54. The van der Waals surface area contributed by atoms with Gasteiger partial charge in [-0.3, -0.25) is 9.59 Å². The van der Waals surface area contributed by atoms with Gasteiger partial charge < -0.3 is 10.1 Å². The highest BCUT2D eigenvalue weighted by molar-refractivity contribution is 6.04. The van der Waals surface area contributed by atoms with E-state index in [1.165, 1.54) is 0 Å². The Balaban J connectivity index is 1.78. The van der Waals surface area contributed by atoms with Gasteiger partial charge in [-0.15, -0.1) is 0 Å². The van der Waals surface area contributed by atoms with Gasteiger partial charge in [-0.25, -0.2) is 0 Å². The van der Waals surface area contributed by atoms with E-state index in [2.05, 4.69) is 24.4 Å². The summed E-state index contributed by atoms with van der Waals surface area (Å²) < 4.78 is 5.33. The number of carbonyl (C=O) groups excluding carboxylic acids is 2. The van der Waals surface area contributed by atoms with E-state index in [1.807, 2.05) is 18.2 Å². The average Bonchev–Trinajstić information content (AvgIpc) is 2.93. The van der Waals surface area contributed by atoms with E-state index in [0.717, 1.165) is 44.2 Å². The summed E-state index contributed by atoms with van der Waals surface area (Å²) in [6, 6.07) is 10.2. The van der Waals surface area contributed by atoms with Crippen molar-refractivity contribution < 1.29 is 14.3 Å². The number of ether oxygens (including phenoxy) is 1. The number of piperidine rings is 1. The van der Waals surface area contributed by atoms with Crippen LogP contribution in [0, 0.1) is 11.3 Å². The largest absolute Gasteiger partial charge is 0.465 e. The van der Waals surface area contributed by atoms with Crippen LogP contribution in [0.2, 0.25) is 0 Å².